The Hall–Kier alpha value is -2.10. The van der Waals surface area contributed by atoms with E-state index in [9.17, 15) is 9.90 Å². The van der Waals surface area contributed by atoms with E-state index < -0.39 is 6.10 Å². The fourth-order valence-corrected chi connectivity index (χ4v) is 2.56. The van der Waals surface area contributed by atoms with Crippen molar-refractivity contribution in [2.24, 2.45) is 0 Å². The quantitative estimate of drug-likeness (QED) is 0.833. The Morgan fingerprint density at radius 2 is 2.26 bits per heavy atom. The summed E-state index contributed by atoms with van der Waals surface area (Å²) >= 11 is 1.21. The fraction of sp³-hybridized carbons (Fsp3) is 0.154. The van der Waals surface area contributed by atoms with Gasteiger partial charge in [-0.05, 0) is 24.6 Å². The molecule has 0 aliphatic carbocycles. The first-order valence-corrected chi connectivity index (χ1v) is 6.37. The smallest absolute Gasteiger partial charge is 0.251 e. The van der Waals surface area contributed by atoms with Crippen LogP contribution in [0.15, 0.2) is 45.3 Å². The Labute approximate surface area is 113 Å². The molecule has 0 bridgehead atoms. The largest absolute Gasteiger partial charge is 0.389 e. The van der Waals surface area contributed by atoms with Gasteiger partial charge >= 0.3 is 0 Å². The number of aliphatic hydroxyl groups is 1. The average molecular weight is 273 g/mol. The molecule has 0 saturated carbocycles. The predicted molar refractivity (Wildman–Crippen MR) is 70.8 cm³/mol. The highest BCUT2D eigenvalue weighted by Gasteiger charge is 2.11. The lowest BCUT2D eigenvalue weighted by Gasteiger charge is -2.11. The number of aromatic amines is 1. The summed E-state index contributed by atoms with van der Waals surface area (Å²) in [7, 11) is 0. The van der Waals surface area contributed by atoms with Gasteiger partial charge in [-0.1, -0.05) is 17.8 Å². The standard InChI is InChI=1S/C13H11N3O2S/c1-8(17)10-3-2-9(7-14)6-11(10)19-13-15-5-4-12(18)16-13/h2-6,8,17H,1H3,(H,15,16,18)/t8-/m1/s1. The first kappa shape index (κ1) is 13.3. The second kappa shape index (κ2) is 5.69. The van der Waals surface area contributed by atoms with Crippen LogP contribution in [0, 0.1) is 11.3 Å². The normalized spacial score (nSPS) is 11.8. The molecule has 1 heterocycles. The van der Waals surface area contributed by atoms with Crippen molar-refractivity contribution < 1.29 is 5.11 Å². The molecule has 2 rings (SSSR count). The van der Waals surface area contributed by atoms with Crippen LogP contribution in [-0.4, -0.2) is 15.1 Å². The number of nitrogens with one attached hydrogen (secondary N) is 1. The summed E-state index contributed by atoms with van der Waals surface area (Å²) in [6.45, 7) is 1.65. The number of hydrogen-bond donors (Lipinski definition) is 2. The number of H-pyrrole nitrogens is 1. The molecule has 1 aromatic carbocycles. The maximum atomic E-state index is 11.2. The fourth-order valence-electron chi connectivity index (χ4n) is 1.55. The first-order chi connectivity index (χ1) is 9.10. The molecule has 19 heavy (non-hydrogen) atoms. The number of hydrogen-bond acceptors (Lipinski definition) is 5. The highest BCUT2D eigenvalue weighted by atomic mass is 32.2. The molecule has 96 valence electrons. The second-order valence-electron chi connectivity index (χ2n) is 3.88. The van der Waals surface area contributed by atoms with Gasteiger partial charge in [0.1, 0.15) is 0 Å². The number of aliphatic hydroxyl groups excluding tert-OH is 1. The Morgan fingerprint density at radius 1 is 1.47 bits per heavy atom. The van der Waals surface area contributed by atoms with E-state index in [-0.39, 0.29) is 5.56 Å². The molecule has 0 aliphatic rings. The van der Waals surface area contributed by atoms with E-state index in [1.165, 1.54) is 24.0 Å². The van der Waals surface area contributed by atoms with Crippen molar-refractivity contribution in [2.45, 2.75) is 23.1 Å². The minimum Gasteiger partial charge on any atom is -0.389 e. The highest BCUT2D eigenvalue weighted by Crippen LogP contribution is 2.31. The van der Waals surface area contributed by atoms with Gasteiger partial charge in [-0.2, -0.15) is 5.26 Å². The SMILES string of the molecule is C[C@@H](O)c1ccc(C#N)cc1Sc1nccc(=O)[nH]1. The molecule has 0 radical (unpaired) electrons. The van der Waals surface area contributed by atoms with Gasteiger partial charge in [0.2, 0.25) is 0 Å². The van der Waals surface area contributed by atoms with Crippen LogP contribution in [0.4, 0.5) is 0 Å². The van der Waals surface area contributed by atoms with E-state index in [1.807, 2.05) is 6.07 Å². The van der Waals surface area contributed by atoms with Crippen LogP contribution in [-0.2, 0) is 0 Å². The van der Waals surface area contributed by atoms with Crippen LogP contribution < -0.4 is 5.56 Å². The summed E-state index contributed by atoms with van der Waals surface area (Å²) in [6.07, 6.45) is 0.753. The van der Waals surface area contributed by atoms with Gasteiger partial charge in [0.25, 0.3) is 5.56 Å². The molecule has 0 unspecified atom stereocenters. The molecule has 2 aromatic rings. The zero-order chi connectivity index (χ0) is 13.8. The molecule has 0 saturated heterocycles. The Bertz CT molecular complexity index is 689. The van der Waals surface area contributed by atoms with Crippen molar-refractivity contribution in [3.8, 4) is 6.07 Å². The van der Waals surface area contributed by atoms with Crippen molar-refractivity contribution in [1.82, 2.24) is 9.97 Å². The Kier molecular flexibility index (Phi) is 4.00. The highest BCUT2D eigenvalue weighted by molar-refractivity contribution is 7.99. The van der Waals surface area contributed by atoms with Crippen molar-refractivity contribution in [2.75, 3.05) is 0 Å². The van der Waals surface area contributed by atoms with Crippen LogP contribution in [0.1, 0.15) is 24.2 Å². The van der Waals surface area contributed by atoms with Crippen molar-refractivity contribution >= 4 is 11.8 Å². The molecular weight excluding hydrogens is 262 g/mol. The monoisotopic (exact) mass is 273 g/mol. The molecule has 1 aromatic heterocycles. The molecule has 0 fully saturated rings. The molecular formula is C13H11N3O2S. The summed E-state index contributed by atoms with van der Waals surface area (Å²) in [4.78, 5) is 18.5. The average Bonchev–Trinajstić information content (AvgIpc) is 2.38. The topological polar surface area (TPSA) is 89.8 Å². The van der Waals surface area contributed by atoms with E-state index in [0.29, 0.717) is 21.2 Å². The minimum absolute atomic E-state index is 0.243. The Morgan fingerprint density at radius 3 is 2.89 bits per heavy atom. The summed E-state index contributed by atoms with van der Waals surface area (Å²) in [6, 6.07) is 8.38. The third-order valence-electron chi connectivity index (χ3n) is 2.45. The third-order valence-corrected chi connectivity index (χ3v) is 3.42. The number of aromatic nitrogens is 2. The van der Waals surface area contributed by atoms with E-state index in [4.69, 9.17) is 5.26 Å². The lowest BCUT2D eigenvalue weighted by molar-refractivity contribution is 0.196. The van der Waals surface area contributed by atoms with Crippen molar-refractivity contribution in [3.63, 3.8) is 0 Å². The number of rotatable bonds is 3. The molecule has 6 heteroatoms. The number of nitrogens with zero attached hydrogens (tertiary/aromatic N) is 2. The van der Waals surface area contributed by atoms with Crippen LogP contribution in [0.3, 0.4) is 0 Å². The molecule has 0 spiro atoms. The van der Waals surface area contributed by atoms with Gasteiger partial charge in [-0.25, -0.2) is 4.98 Å². The molecule has 2 N–H and O–H groups in total. The van der Waals surface area contributed by atoms with Crippen LogP contribution in [0.2, 0.25) is 0 Å². The predicted octanol–water partition coefficient (Wildman–Crippen LogP) is 1.85. The minimum atomic E-state index is -0.661. The molecule has 0 aliphatic heterocycles. The van der Waals surface area contributed by atoms with Gasteiger partial charge in [0, 0.05) is 17.2 Å². The number of benzene rings is 1. The number of nitriles is 1. The lowest BCUT2D eigenvalue weighted by Crippen LogP contribution is -2.05. The van der Waals surface area contributed by atoms with Crippen molar-refractivity contribution in [3.05, 3.63) is 51.9 Å². The summed E-state index contributed by atoms with van der Waals surface area (Å²) in [5.74, 6) is 0. The van der Waals surface area contributed by atoms with Crippen LogP contribution in [0.5, 0.6) is 0 Å². The Balaban J connectivity index is 2.43. The molecule has 5 nitrogen and oxygen atoms in total. The second-order valence-corrected chi connectivity index (χ2v) is 4.91. The van der Waals surface area contributed by atoms with Gasteiger partial charge in [0.05, 0.1) is 17.7 Å². The zero-order valence-electron chi connectivity index (χ0n) is 10.1. The van der Waals surface area contributed by atoms with E-state index >= 15 is 0 Å². The van der Waals surface area contributed by atoms with Crippen molar-refractivity contribution in [1.29, 1.82) is 5.26 Å². The summed E-state index contributed by atoms with van der Waals surface area (Å²) in [5, 5.41) is 19.0. The van der Waals surface area contributed by atoms with Gasteiger partial charge < -0.3 is 10.1 Å². The third kappa shape index (κ3) is 3.22. The maximum absolute atomic E-state index is 11.2. The van der Waals surface area contributed by atoms with E-state index in [1.54, 1.807) is 25.1 Å². The maximum Gasteiger partial charge on any atom is 0.251 e. The summed E-state index contributed by atoms with van der Waals surface area (Å²) in [5.41, 5.74) is 0.938. The zero-order valence-corrected chi connectivity index (χ0v) is 10.9. The van der Waals surface area contributed by atoms with Gasteiger partial charge in [-0.3, -0.25) is 4.79 Å². The molecule has 0 amide bonds. The molecule has 1 atom stereocenters. The van der Waals surface area contributed by atoms with Gasteiger partial charge in [-0.15, -0.1) is 0 Å². The van der Waals surface area contributed by atoms with Gasteiger partial charge in [0.15, 0.2) is 5.16 Å². The van der Waals surface area contributed by atoms with E-state index in [0.717, 1.165) is 0 Å². The summed E-state index contributed by atoms with van der Waals surface area (Å²) < 4.78 is 0. The van der Waals surface area contributed by atoms with Crippen LogP contribution >= 0.6 is 11.8 Å². The van der Waals surface area contributed by atoms with E-state index in [2.05, 4.69) is 9.97 Å². The first-order valence-electron chi connectivity index (χ1n) is 5.55. The van der Waals surface area contributed by atoms with Crippen LogP contribution in [0.25, 0.3) is 0 Å². The lowest BCUT2D eigenvalue weighted by atomic mass is 10.1.